The van der Waals surface area contributed by atoms with E-state index < -0.39 is 0 Å². The quantitative estimate of drug-likeness (QED) is 0.822. The standard InChI is InChI=1S/C18H31N3O2/c22-17(20-16-11-14-3-4-15(12-16)19-14)13-18(5-1-2-6-18)21-7-9-23-10-8-21/h14-16,19H,1-13H2,(H,20,22). The lowest BCUT2D eigenvalue weighted by atomic mass is 9.89. The molecule has 0 aromatic rings. The van der Waals surface area contributed by atoms with Crippen LogP contribution in [-0.2, 0) is 9.53 Å². The zero-order valence-electron chi connectivity index (χ0n) is 14.2. The maximum Gasteiger partial charge on any atom is 0.222 e. The van der Waals surface area contributed by atoms with Crippen LogP contribution < -0.4 is 10.6 Å². The number of nitrogens with one attached hydrogen (secondary N) is 2. The lowest BCUT2D eigenvalue weighted by Crippen LogP contribution is -2.55. The molecule has 130 valence electrons. The van der Waals surface area contributed by atoms with E-state index in [0.29, 0.717) is 24.5 Å². The summed E-state index contributed by atoms with van der Waals surface area (Å²) in [4.78, 5) is 15.3. The van der Waals surface area contributed by atoms with Crippen LogP contribution in [0.25, 0.3) is 0 Å². The maximum atomic E-state index is 12.8. The molecule has 0 aromatic heterocycles. The van der Waals surface area contributed by atoms with Crippen LogP contribution in [0.2, 0.25) is 0 Å². The van der Waals surface area contributed by atoms with Gasteiger partial charge in [0.25, 0.3) is 0 Å². The van der Waals surface area contributed by atoms with Crippen LogP contribution in [0.3, 0.4) is 0 Å². The van der Waals surface area contributed by atoms with Crippen molar-refractivity contribution in [3.05, 3.63) is 0 Å². The fourth-order valence-electron chi connectivity index (χ4n) is 5.43. The molecule has 0 radical (unpaired) electrons. The summed E-state index contributed by atoms with van der Waals surface area (Å²) in [5.41, 5.74) is 0.111. The fraction of sp³-hybridized carbons (Fsp3) is 0.944. The van der Waals surface area contributed by atoms with Crippen molar-refractivity contribution < 1.29 is 9.53 Å². The molecule has 0 spiro atoms. The van der Waals surface area contributed by atoms with Crippen LogP contribution in [0, 0.1) is 0 Å². The molecular formula is C18H31N3O2. The number of hydrogen-bond donors (Lipinski definition) is 2. The lowest BCUT2D eigenvalue weighted by molar-refractivity contribution is -0.126. The summed E-state index contributed by atoms with van der Waals surface area (Å²) in [6, 6.07) is 1.67. The first-order valence-corrected chi connectivity index (χ1v) is 9.62. The highest BCUT2D eigenvalue weighted by Gasteiger charge is 2.42. The van der Waals surface area contributed by atoms with Gasteiger partial charge in [-0.2, -0.15) is 0 Å². The van der Waals surface area contributed by atoms with Gasteiger partial charge in [-0.15, -0.1) is 0 Å². The van der Waals surface area contributed by atoms with Crippen molar-refractivity contribution in [2.24, 2.45) is 0 Å². The number of carbonyl (C=O) groups is 1. The summed E-state index contributed by atoms with van der Waals surface area (Å²) in [7, 11) is 0. The van der Waals surface area contributed by atoms with Crippen molar-refractivity contribution in [3.63, 3.8) is 0 Å². The Hall–Kier alpha value is -0.650. The number of hydrogen-bond acceptors (Lipinski definition) is 4. The largest absolute Gasteiger partial charge is 0.379 e. The van der Waals surface area contributed by atoms with E-state index in [4.69, 9.17) is 4.74 Å². The van der Waals surface area contributed by atoms with E-state index in [2.05, 4.69) is 15.5 Å². The third kappa shape index (κ3) is 3.42. The number of rotatable bonds is 4. The molecular weight excluding hydrogens is 290 g/mol. The zero-order chi connectivity index (χ0) is 15.7. The Labute approximate surface area is 139 Å². The second kappa shape index (κ2) is 6.69. The highest BCUT2D eigenvalue weighted by molar-refractivity contribution is 5.77. The Balaban J connectivity index is 1.35. The van der Waals surface area contributed by atoms with Crippen LogP contribution in [0.1, 0.15) is 57.8 Å². The summed E-state index contributed by atoms with van der Waals surface area (Å²) < 4.78 is 5.51. The minimum Gasteiger partial charge on any atom is -0.379 e. The molecule has 4 aliphatic rings. The summed E-state index contributed by atoms with van der Waals surface area (Å²) in [5.74, 6) is 0.282. The number of fused-ring (bicyclic) bond motifs is 2. The van der Waals surface area contributed by atoms with Crippen LogP contribution in [0.4, 0.5) is 0 Å². The zero-order valence-corrected chi connectivity index (χ0v) is 14.2. The maximum absolute atomic E-state index is 12.8. The molecule has 4 rings (SSSR count). The van der Waals surface area contributed by atoms with Crippen molar-refractivity contribution in [1.82, 2.24) is 15.5 Å². The molecule has 1 amide bonds. The second-order valence-corrected chi connectivity index (χ2v) is 8.08. The van der Waals surface area contributed by atoms with Crippen molar-refractivity contribution >= 4 is 5.91 Å². The third-order valence-corrected chi connectivity index (χ3v) is 6.54. The van der Waals surface area contributed by atoms with E-state index in [1.54, 1.807) is 0 Å². The number of ether oxygens (including phenoxy) is 1. The molecule has 2 atom stereocenters. The van der Waals surface area contributed by atoms with Gasteiger partial charge in [0.2, 0.25) is 5.91 Å². The number of carbonyl (C=O) groups excluding carboxylic acids is 1. The van der Waals surface area contributed by atoms with Gasteiger partial charge in [0.1, 0.15) is 0 Å². The van der Waals surface area contributed by atoms with E-state index in [0.717, 1.165) is 39.1 Å². The monoisotopic (exact) mass is 321 g/mol. The predicted octanol–water partition coefficient (Wildman–Crippen LogP) is 1.42. The Kier molecular flexibility index (Phi) is 4.61. The normalized spacial score (nSPS) is 37.0. The first kappa shape index (κ1) is 15.9. The first-order valence-electron chi connectivity index (χ1n) is 9.62. The third-order valence-electron chi connectivity index (χ3n) is 6.54. The van der Waals surface area contributed by atoms with Gasteiger partial charge in [0.05, 0.1) is 13.2 Å². The first-order chi connectivity index (χ1) is 11.2. The predicted molar refractivity (Wildman–Crippen MR) is 89.3 cm³/mol. The van der Waals surface area contributed by atoms with E-state index in [-0.39, 0.29) is 11.4 Å². The van der Waals surface area contributed by atoms with Gasteiger partial charge in [-0.05, 0) is 38.5 Å². The molecule has 2 N–H and O–H groups in total. The molecule has 5 heteroatoms. The summed E-state index contributed by atoms with van der Waals surface area (Å²) in [6.45, 7) is 3.62. The Morgan fingerprint density at radius 3 is 2.43 bits per heavy atom. The topological polar surface area (TPSA) is 53.6 Å². The highest BCUT2D eigenvalue weighted by Crippen LogP contribution is 2.38. The fourth-order valence-corrected chi connectivity index (χ4v) is 5.43. The molecule has 3 aliphatic heterocycles. The molecule has 1 saturated carbocycles. The summed E-state index contributed by atoms with van der Waals surface area (Å²) in [5, 5.41) is 7.03. The van der Waals surface area contributed by atoms with Gasteiger partial charge in [0.15, 0.2) is 0 Å². The average molecular weight is 321 g/mol. The van der Waals surface area contributed by atoms with Crippen molar-refractivity contribution in [2.75, 3.05) is 26.3 Å². The lowest BCUT2D eigenvalue weighted by Gasteiger charge is -2.43. The Bertz CT molecular complexity index is 418. The van der Waals surface area contributed by atoms with Crippen molar-refractivity contribution in [1.29, 1.82) is 0 Å². The molecule has 3 heterocycles. The molecule has 3 saturated heterocycles. The van der Waals surface area contributed by atoms with Crippen LogP contribution in [0.15, 0.2) is 0 Å². The van der Waals surface area contributed by atoms with Crippen molar-refractivity contribution in [3.8, 4) is 0 Å². The van der Waals surface area contributed by atoms with E-state index in [9.17, 15) is 4.79 Å². The van der Waals surface area contributed by atoms with Crippen molar-refractivity contribution in [2.45, 2.75) is 81.5 Å². The molecule has 23 heavy (non-hydrogen) atoms. The molecule has 5 nitrogen and oxygen atoms in total. The molecule has 2 bridgehead atoms. The summed E-state index contributed by atoms with van der Waals surface area (Å²) in [6.07, 6.45) is 10.4. The smallest absolute Gasteiger partial charge is 0.222 e. The second-order valence-electron chi connectivity index (χ2n) is 8.08. The number of morpholine rings is 1. The van der Waals surface area contributed by atoms with Gasteiger partial charge in [-0.1, -0.05) is 12.8 Å². The Morgan fingerprint density at radius 2 is 1.78 bits per heavy atom. The van der Waals surface area contributed by atoms with Gasteiger partial charge in [-0.3, -0.25) is 9.69 Å². The van der Waals surface area contributed by atoms with E-state index in [1.807, 2.05) is 0 Å². The van der Waals surface area contributed by atoms with Crippen LogP contribution >= 0.6 is 0 Å². The van der Waals surface area contributed by atoms with Gasteiger partial charge in [0, 0.05) is 43.2 Å². The minimum atomic E-state index is 0.111. The number of amides is 1. The minimum absolute atomic E-state index is 0.111. The van der Waals surface area contributed by atoms with E-state index in [1.165, 1.54) is 38.5 Å². The van der Waals surface area contributed by atoms with Crippen LogP contribution in [0.5, 0.6) is 0 Å². The SMILES string of the molecule is O=C(CC1(N2CCOCC2)CCCC1)NC1CC2CCC(C1)N2. The van der Waals surface area contributed by atoms with Crippen LogP contribution in [-0.4, -0.2) is 60.8 Å². The molecule has 0 aromatic carbocycles. The Morgan fingerprint density at radius 1 is 1.13 bits per heavy atom. The van der Waals surface area contributed by atoms with Gasteiger partial charge < -0.3 is 15.4 Å². The highest BCUT2D eigenvalue weighted by atomic mass is 16.5. The van der Waals surface area contributed by atoms with Gasteiger partial charge in [-0.25, -0.2) is 0 Å². The molecule has 1 aliphatic carbocycles. The number of piperidine rings is 1. The molecule has 4 fully saturated rings. The molecule has 2 unspecified atom stereocenters. The number of nitrogens with zero attached hydrogens (tertiary/aromatic N) is 1. The average Bonchev–Trinajstić information content (AvgIpc) is 3.16. The van der Waals surface area contributed by atoms with Gasteiger partial charge >= 0.3 is 0 Å². The van der Waals surface area contributed by atoms with E-state index >= 15 is 0 Å². The summed E-state index contributed by atoms with van der Waals surface area (Å²) >= 11 is 0.